The van der Waals surface area contributed by atoms with Gasteiger partial charge in [0.15, 0.2) is 0 Å². The third-order valence-corrected chi connectivity index (χ3v) is 6.59. The number of hydrogen-bond acceptors (Lipinski definition) is 2. The van der Waals surface area contributed by atoms with Gasteiger partial charge in [0.1, 0.15) is 5.60 Å². The molecule has 1 N–H and O–H groups in total. The van der Waals surface area contributed by atoms with E-state index < -0.39 is 0 Å². The summed E-state index contributed by atoms with van der Waals surface area (Å²) in [5.74, 6) is 0.504. The fraction of sp³-hybridized carbons (Fsp3) is 0.440. The number of benzene rings is 2. The molecule has 28 heavy (non-hydrogen) atoms. The van der Waals surface area contributed by atoms with Gasteiger partial charge in [-0.05, 0) is 63.4 Å². The first-order valence-corrected chi connectivity index (χ1v) is 10.7. The van der Waals surface area contributed by atoms with Crippen LogP contribution in [0, 0.1) is 0 Å². The van der Waals surface area contributed by atoms with E-state index in [1.54, 1.807) is 0 Å². The van der Waals surface area contributed by atoms with Gasteiger partial charge >= 0.3 is 0 Å². The second kappa shape index (κ2) is 7.06. The zero-order chi connectivity index (χ0) is 19.1. The average molecular weight is 375 g/mol. The van der Waals surface area contributed by atoms with Gasteiger partial charge in [-0.25, -0.2) is 0 Å². The Morgan fingerprint density at radius 2 is 1.86 bits per heavy atom. The first kappa shape index (κ1) is 18.0. The number of likely N-dealkylation sites (tertiary alicyclic amines) is 1. The Bertz CT molecular complexity index is 959. The molecule has 3 heterocycles. The molecule has 0 amide bonds. The van der Waals surface area contributed by atoms with E-state index in [1.807, 2.05) is 0 Å². The van der Waals surface area contributed by atoms with Crippen LogP contribution in [-0.2, 0) is 16.8 Å². The van der Waals surface area contributed by atoms with E-state index in [1.165, 1.54) is 47.1 Å². The Labute approximate surface area is 167 Å². The van der Waals surface area contributed by atoms with Crippen LogP contribution in [0.4, 0.5) is 0 Å². The third kappa shape index (κ3) is 3.17. The molecule has 0 saturated carbocycles. The van der Waals surface area contributed by atoms with Crippen molar-refractivity contribution in [1.82, 2.24) is 9.88 Å². The number of aromatic nitrogens is 1. The smallest absolute Gasteiger partial charge is 0.103 e. The van der Waals surface area contributed by atoms with Crippen LogP contribution < -0.4 is 0 Å². The average Bonchev–Trinajstić information content (AvgIpc) is 3.10. The van der Waals surface area contributed by atoms with Gasteiger partial charge in [0.2, 0.25) is 0 Å². The van der Waals surface area contributed by atoms with Gasteiger partial charge in [0.05, 0.1) is 11.8 Å². The standard InChI is InChI=1S/C25H30N2O/c1-25(2)24-23(19-12-6-7-13-21(19)26-24)20-14-16-27(17-22(20)28-25)15-8-11-18-9-4-3-5-10-18/h3-7,9-10,12-13,20,22,26H,8,11,14-17H2,1-2H3/t20-,22-/m0/s1. The molecule has 1 saturated heterocycles. The summed E-state index contributed by atoms with van der Waals surface area (Å²) < 4.78 is 6.66. The van der Waals surface area contributed by atoms with Crippen molar-refractivity contribution in [3.8, 4) is 0 Å². The van der Waals surface area contributed by atoms with Crippen LogP contribution in [0.15, 0.2) is 54.6 Å². The van der Waals surface area contributed by atoms with Crippen molar-refractivity contribution in [1.29, 1.82) is 0 Å². The van der Waals surface area contributed by atoms with Crippen molar-refractivity contribution in [3.05, 3.63) is 71.4 Å². The number of H-pyrrole nitrogens is 1. The molecule has 3 heteroatoms. The highest BCUT2D eigenvalue weighted by Gasteiger charge is 2.44. The van der Waals surface area contributed by atoms with Crippen LogP contribution in [0.5, 0.6) is 0 Å². The van der Waals surface area contributed by atoms with E-state index in [4.69, 9.17) is 4.74 Å². The molecule has 2 aromatic carbocycles. The molecule has 2 atom stereocenters. The summed E-state index contributed by atoms with van der Waals surface area (Å²) in [5, 5.41) is 1.39. The number of nitrogens with one attached hydrogen (secondary N) is 1. The molecule has 3 nitrogen and oxygen atoms in total. The summed E-state index contributed by atoms with van der Waals surface area (Å²) in [6.45, 7) is 7.79. The van der Waals surface area contributed by atoms with Gasteiger partial charge in [0.25, 0.3) is 0 Å². The number of hydrogen-bond donors (Lipinski definition) is 1. The minimum Gasteiger partial charge on any atom is -0.364 e. The van der Waals surface area contributed by atoms with Crippen molar-refractivity contribution in [2.24, 2.45) is 0 Å². The first-order valence-electron chi connectivity index (χ1n) is 10.7. The third-order valence-electron chi connectivity index (χ3n) is 6.59. The predicted molar refractivity (Wildman–Crippen MR) is 115 cm³/mol. The predicted octanol–water partition coefficient (Wildman–Crippen LogP) is 5.22. The minimum atomic E-state index is -0.261. The number of aromatic amines is 1. The number of piperidine rings is 1. The maximum atomic E-state index is 6.66. The molecular formula is C25H30N2O. The first-order chi connectivity index (χ1) is 13.6. The number of ether oxygens (including phenoxy) is 1. The van der Waals surface area contributed by atoms with E-state index in [2.05, 4.69) is 78.3 Å². The SMILES string of the molecule is CC1(C)O[C@H]2CN(CCCc3ccccc3)CC[C@@H]2c2c1[nH]c1ccccc21. The molecule has 0 aliphatic carbocycles. The number of fused-ring (bicyclic) bond motifs is 5. The Kier molecular flexibility index (Phi) is 4.53. The molecule has 5 rings (SSSR count). The molecule has 0 bridgehead atoms. The normalized spacial score (nSPS) is 24.1. The van der Waals surface area contributed by atoms with Crippen molar-refractivity contribution in [3.63, 3.8) is 0 Å². The lowest BCUT2D eigenvalue weighted by molar-refractivity contribution is -0.124. The Morgan fingerprint density at radius 1 is 1.07 bits per heavy atom. The van der Waals surface area contributed by atoms with E-state index in [-0.39, 0.29) is 11.7 Å². The lowest BCUT2D eigenvalue weighted by Gasteiger charge is -2.46. The van der Waals surface area contributed by atoms with E-state index in [9.17, 15) is 0 Å². The van der Waals surface area contributed by atoms with Gasteiger partial charge < -0.3 is 14.6 Å². The summed E-state index contributed by atoms with van der Waals surface area (Å²) in [6.07, 6.45) is 3.83. The zero-order valence-electron chi connectivity index (χ0n) is 16.9. The second-order valence-corrected chi connectivity index (χ2v) is 8.91. The molecule has 2 aliphatic rings. The molecular weight excluding hydrogens is 344 g/mol. The molecule has 0 radical (unpaired) electrons. The van der Waals surface area contributed by atoms with Crippen LogP contribution >= 0.6 is 0 Å². The summed E-state index contributed by atoms with van der Waals surface area (Å²) in [4.78, 5) is 6.28. The molecule has 0 unspecified atom stereocenters. The molecule has 2 aliphatic heterocycles. The van der Waals surface area contributed by atoms with Crippen LogP contribution in [0.3, 0.4) is 0 Å². The number of nitrogens with zero attached hydrogens (tertiary/aromatic N) is 1. The molecule has 146 valence electrons. The fourth-order valence-corrected chi connectivity index (χ4v) is 5.25. The number of rotatable bonds is 4. The van der Waals surface area contributed by atoms with Gasteiger partial charge in [-0.15, -0.1) is 0 Å². The van der Waals surface area contributed by atoms with Crippen molar-refractivity contribution in [2.45, 2.75) is 50.7 Å². The lowest BCUT2D eigenvalue weighted by Crippen LogP contribution is -2.50. The number of aryl methyl sites for hydroxylation is 1. The second-order valence-electron chi connectivity index (χ2n) is 8.91. The van der Waals surface area contributed by atoms with E-state index in [0.29, 0.717) is 5.92 Å². The topological polar surface area (TPSA) is 28.3 Å². The molecule has 3 aromatic rings. The van der Waals surface area contributed by atoms with Crippen molar-refractivity contribution in [2.75, 3.05) is 19.6 Å². The maximum Gasteiger partial charge on any atom is 0.103 e. The molecule has 0 spiro atoms. The quantitative estimate of drug-likeness (QED) is 0.678. The van der Waals surface area contributed by atoms with Gasteiger partial charge in [-0.3, -0.25) is 0 Å². The highest BCUT2D eigenvalue weighted by molar-refractivity contribution is 5.86. The summed E-state index contributed by atoms with van der Waals surface area (Å²) >= 11 is 0. The highest BCUT2D eigenvalue weighted by atomic mass is 16.5. The monoisotopic (exact) mass is 374 g/mol. The van der Waals surface area contributed by atoms with Gasteiger partial charge in [0, 0.05) is 23.4 Å². The summed E-state index contributed by atoms with van der Waals surface area (Å²) in [5.41, 5.74) is 5.22. The number of para-hydroxylation sites is 1. The van der Waals surface area contributed by atoms with E-state index >= 15 is 0 Å². The van der Waals surface area contributed by atoms with Gasteiger partial charge in [-0.1, -0.05) is 48.5 Å². The van der Waals surface area contributed by atoms with Crippen molar-refractivity contribution < 1.29 is 4.74 Å². The van der Waals surface area contributed by atoms with Crippen LogP contribution in [-0.4, -0.2) is 35.6 Å². The lowest BCUT2D eigenvalue weighted by atomic mass is 9.79. The van der Waals surface area contributed by atoms with Crippen LogP contribution in [0.1, 0.15) is 49.4 Å². The fourth-order valence-electron chi connectivity index (χ4n) is 5.25. The van der Waals surface area contributed by atoms with Crippen LogP contribution in [0.2, 0.25) is 0 Å². The van der Waals surface area contributed by atoms with Crippen LogP contribution in [0.25, 0.3) is 10.9 Å². The molecule has 1 aromatic heterocycles. The Morgan fingerprint density at radius 3 is 2.71 bits per heavy atom. The largest absolute Gasteiger partial charge is 0.364 e. The van der Waals surface area contributed by atoms with Gasteiger partial charge in [-0.2, -0.15) is 0 Å². The maximum absolute atomic E-state index is 6.66. The molecule has 1 fully saturated rings. The Hall–Kier alpha value is -2.10. The van der Waals surface area contributed by atoms with E-state index in [0.717, 1.165) is 19.5 Å². The zero-order valence-corrected chi connectivity index (χ0v) is 16.9. The summed E-state index contributed by atoms with van der Waals surface area (Å²) in [7, 11) is 0. The van der Waals surface area contributed by atoms with Crippen molar-refractivity contribution >= 4 is 10.9 Å². The summed E-state index contributed by atoms with van der Waals surface area (Å²) in [6, 6.07) is 19.6. The Balaban J connectivity index is 1.32. The minimum absolute atomic E-state index is 0.261. The highest BCUT2D eigenvalue weighted by Crippen LogP contribution is 2.47.